The van der Waals surface area contributed by atoms with Crippen LogP contribution in [0.1, 0.15) is 123 Å². The van der Waals surface area contributed by atoms with Gasteiger partial charge in [-0.2, -0.15) is 9.78 Å². The van der Waals surface area contributed by atoms with Crippen molar-refractivity contribution in [1.29, 1.82) is 0 Å². The number of benzene rings is 2. The fourth-order valence-electron chi connectivity index (χ4n) is 7.16. The second kappa shape index (κ2) is 15.4. The Morgan fingerprint density at radius 2 is 0.938 bits per heavy atom. The van der Waals surface area contributed by atoms with Gasteiger partial charge in [-0.05, 0) is 128 Å². The molecule has 0 heterocycles. The quantitative estimate of drug-likeness (QED) is 0.139. The van der Waals surface area contributed by atoms with Crippen LogP contribution in [0.3, 0.4) is 0 Å². The second-order valence-corrected chi connectivity index (χ2v) is 15.3. The molecular formula is C39H54O9. The number of carbonyl (C=O) groups is 3. The highest BCUT2D eigenvalue weighted by molar-refractivity contribution is 5.90. The highest BCUT2D eigenvalue weighted by Crippen LogP contribution is 2.43. The van der Waals surface area contributed by atoms with E-state index in [0.717, 1.165) is 35.1 Å². The third-order valence-electron chi connectivity index (χ3n) is 10.3. The largest absolute Gasteiger partial charge is 0.509 e. The molecule has 0 radical (unpaired) electrons. The van der Waals surface area contributed by atoms with Crippen LogP contribution in [0.5, 0.6) is 0 Å². The van der Waals surface area contributed by atoms with E-state index in [-0.39, 0.29) is 11.8 Å². The molecule has 0 aliphatic heterocycles. The summed E-state index contributed by atoms with van der Waals surface area (Å²) in [6.07, 6.45) is 1.37. The van der Waals surface area contributed by atoms with Crippen LogP contribution in [0.2, 0.25) is 0 Å². The van der Waals surface area contributed by atoms with Gasteiger partial charge in [0.15, 0.2) is 0 Å². The Labute approximate surface area is 285 Å². The zero-order valence-electron chi connectivity index (χ0n) is 30.3. The zero-order chi connectivity index (χ0) is 35.4. The molecule has 2 fully saturated rings. The number of hydrogen-bond donors (Lipinski definition) is 0. The van der Waals surface area contributed by atoms with Gasteiger partial charge in [0.2, 0.25) is 0 Å². The minimum atomic E-state index is -1.12. The lowest BCUT2D eigenvalue weighted by Crippen LogP contribution is -2.53. The van der Waals surface area contributed by atoms with E-state index in [2.05, 4.69) is 27.7 Å². The molecule has 0 saturated heterocycles. The van der Waals surface area contributed by atoms with Crippen molar-refractivity contribution in [3.63, 3.8) is 0 Å². The van der Waals surface area contributed by atoms with Crippen LogP contribution >= 0.6 is 0 Å². The number of ether oxygens (including phenoxy) is 2. The first-order valence-corrected chi connectivity index (χ1v) is 17.3. The highest BCUT2D eigenvalue weighted by atomic mass is 17.2. The summed E-state index contributed by atoms with van der Waals surface area (Å²) in [5.41, 5.74) is 2.29. The SMILES string of the molecule is Cc1cc(C)cc(C(=O)OOC2CC(C(C)C)CCC2(C)OC(=O)OC2(C)CCC(C(C)C)CC2OOC(=O)c2cc(C)cc(C)c2)c1. The monoisotopic (exact) mass is 666 g/mol. The molecule has 264 valence electrons. The lowest BCUT2D eigenvalue weighted by atomic mass is 9.73. The molecule has 2 aromatic rings. The first-order chi connectivity index (χ1) is 22.5. The van der Waals surface area contributed by atoms with Gasteiger partial charge >= 0.3 is 18.1 Å². The summed E-state index contributed by atoms with van der Waals surface area (Å²) in [5, 5.41) is 0. The van der Waals surface area contributed by atoms with E-state index < -0.39 is 41.5 Å². The number of carbonyl (C=O) groups excluding carboxylic acids is 3. The van der Waals surface area contributed by atoms with Gasteiger partial charge in [0.05, 0.1) is 11.1 Å². The molecule has 9 nitrogen and oxygen atoms in total. The van der Waals surface area contributed by atoms with Gasteiger partial charge in [0.1, 0.15) is 23.4 Å². The highest BCUT2D eigenvalue weighted by Gasteiger charge is 2.50. The fraction of sp³-hybridized carbons (Fsp3) is 0.615. The smallest absolute Gasteiger partial charge is 0.425 e. The zero-order valence-corrected chi connectivity index (χ0v) is 30.3. The molecule has 2 aromatic carbocycles. The molecule has 0 N–H and O–H groups in total. The minimum Gasteiger partial charge on any atom is -0.425 e. The van der Waals surface area contributed by atoms with Crippen molar-refractivity contribution in [1.82, 2.24) is 0 Å². The van der Waals surface area contributed by atoms with Gasteiger partial charge in [-0.1, -0.05) is 62.1 Å². The number of hydrogen-bond acceptors (Lipinski definition) is 9. The van der Waals surface area contributed by atoms with Crippen LogP contribution < -0.4 is 0 Å². The summed E-state index contributed by atoms with van der Waals surface area (Å²) < 4.78 is 12.1. The van der Waals surface area contributed by atoms with Crippen LogP contribution in [0, 0.1) is 51.4 Å². The van der Waals surface area contributed by atoms with E-state index in [0.29, 0.717) is 48.6 Å². The molecule has 6 unspecified atom stereocenters. The predicted octanol–water partition coefficient (Wildman–Crippen LogP) is 9.12. The van der Waals surface area contributed by atoms with E-state index in [1.807, 2.05) is 39.8 Å². The Kier molecular flexibility index (Phi) is 12.0. The first-order valence-electron chi connectivity index (χ1n) is 17.3. The second-order valence-electron chi connectivity index (χ2n) is 15.3. The normalized spacial score (nSPS) is 27.4. The van der Waals surface area contributed by atoms with Crippen LogP contribution in [0.4, 0.5) is 4.79 Å². The van der Waals surface area contributed by atoms with Crippen LogP contribution in [-0.2, 0) is 29.0 Å². The molecule has 0 amide bonds. The number of aryl methyl sites for hydroxylation is 4. The lowest BCUT2D eigenvalue weighted by Gasteiger charge is -2.45. The topological polar surface area (TPSA) is 107 Å². The van der Waals surface area contributed by atoms with Gasteiger partial charge in [-0.25, -0.2) is 14.4 Å². The van der Waals surface area contributed by atoms with Crippen LogP contribution in [-0.4, -0.2) is 41.5 Å². The summed E-state index contributed by atoms with van der Waals surface area (Å²) in [7, 11) is 0. The fourth-order valence-corrected chi connectivity index (χ4v) is 7.16. The third-order valence-corrected chi connectivity index (χ3v) is 10.3. The van der Waals surface area contributed by atoms with Gasteiger partial charge < -0.3 is 9.47 Å². The van der Waals surface area contributed by atoms with Crippen molar-refractivity contribution in [2.75, 3.05) is 0 Å². The van der Waals surface area contributed by atoms with E-state index >= 15 is 0 Å². The molecule has 0 spiro atoms. The van der Waals surface area contributed by atoms with Crippen molar-refractivity contribution in [2.24, 2.45) is 23.7 Å². The lowest BCUT2D eigenvalue weighted by molar-refractivity contribution is -0.327. The van der Waals surface area contributed by atoms with Crippen molar-refractivity contribution in [2.45, 2.75) is 131 Å². The van der Waals surface area contributed by atoms with Gasteiger partial charge in [0.25, 0.3) is 0 Å². The average molecular weight is 667 g/mol. The molecule has 9 heteroatoms. The Morgan fingerprint density at radius 1 is 0.604 bits per heavy atom. The average Bonchev–Trinajstić information content (AvgIpc) is 2.98. The molecule has 0 bridgehead atoms. The molecule has 6 atom stereocenters. The summed E-state index contributed by atoms with van der Waals surface area (Å²) in [5.74, 6) is 0.0859. The Hall–Kier alpha value is -3.43. The van der Waals surface area contributed by atoms with Crippen LogP contribution in [0.15, 0.2) is 36.4 Å². The summed E-state index contributed by atoms with van der Waals surface area (Å²) in [6.45, 7) is 19.8. The predicted molar refractivity (Wildman–Crippen MR) is 181 cm³/mol. The number of rotatable bonds is 10. The van der Waals surface area contributed by atoms with E-state index in [9.17, 15) is 14.4 Å². The molecular weight excluding hydrogens is 612 g/mol. The van der Waals surface area contributed by atoms with Crippen molar-refractivity contribution in [3.8, 4) is 0 Å². The standard InChI is InChI=1S/C39H54O9/c1-23(2)29-11-13-38(9,33(21-29)45-47-35(40)31-17-25(5)15-26(6)18-31)43-37(42)44-39(10)14-12-30(24(3)4)22-34(39)46-48-36(41)32-19-27(7)16-28(8)20-32/h15-20,23-24,29-30,33-34H,11-14,21-22H2,1-10H3. The molecule has 48 heavy (non-hydrogen) atoms. The van der Waals surface area contributed by atoms with Crippen molar-refractivity contribution < 1.29 is 43.4 Å². The molecule has 2 aliphatic carbocycles. The van der Waals surface area contributed by atoms with E-state index in [1.54, 1.807) is 38.1 Å². The van der Waals surface area contributed by atoms with Gasteiger partial charge in [-0.3, -0.25) is 9.78 Å². The maximum absolute atomic E-state index is 13.6. The summed E-state index contributed by atoms with van der Waals surface area (Å²) in [6, 6.07) is 10.9. The van der Waals surface area contributed by atoms with Gasteiger partial charge in [0, 0.05) is 0 Å². The van der Waals surface area contributed by atoms with Crippen molar-refractivity contribution >= 4 is 18.1 Å². The molecule has 4 rings (SSSR count). The van der Waals surface area contributed by atoms with Crippen molar-refractivity contribution in [3.05, 3.63) is 69.8 Å². The summed E-state index contributed by atoms with van der Waals surface area (Å²) in [4.78, 5) is 61.9. The van der Waals surface area contributed by atoms with E-state index in [1.165, 1.54) is 0 Å². The molecule has 2 aliphatic rings. The maximum atomic E-state index is 13.6. The molecule has 2 saturated carbocycles. The van der Waals surface area contributed by atoms with Gasteiger partial charge in [-0.15, -0.1) is 0 Å². The van der Waals surface area contributed by atoms with E-state index in [4.69, 9.17) is 29.0 Å². The Balaban J connectivity index is 1.47. The van der Waals surface area contributed by atoms with Crippen LogP contribution in [0.25, 0.3) is 0 Å². The Bertz CT molecular complexity index is 1320. The Morgan fingerprint density at radius 3 is 1.25 bits per heavy atom. The minimum absolute atomic E-state index is 0.288. The molecule has 0 aromatic heterocycles. The first kappa shape index (κ1) is 37.4. The maximum Gasteiger partial charge on any atom is 0.509 e. The summed E-state index contributed by atoms with van der Waals surface area (Å²) >= 11 is 0. The third kappa shape index (κ3) is 9.38.